The molecule has 0 aliphatic carbocycles. The van der Waals surface area contributed by atoms with Crippen LogP contribution in [0.5, 0.6) is 0 Å². The van der Waals surface area contributed by atoms with Crippen molar-refractivity contribution < 1.29 is 4.21 Å². The van der Waals surface area contributed by atoms with Crippen molar-refractivity contribution in [1.29, 1.82) is 0 Å². The number of imidazole rings is 1. The first-order valence-corrected chi connectivity index (χ1v) is 9.96. The first-order valence-electron chi connectivity index (χ1n) is 8.07. The predicted octanol–water partition coefficient (Wildman–Crippen LogP) is 2.69. The molecule has 1 aliphatic rings. The quantitative estimate of drug-likeness (QED) is 0.764. The van der Waals surface area contributed by atoms with Crippen molar-refractivity contribution in [1.82, 2.24) is 19.3 Å². The maximum atomic E-state index is 11.6. The molecular formula is C17H18ClN5OS. The van der Waals surface area contributed by atoms with Gasteiger partial charge in [-0.05, 0) is 24.3 Å². The third-order valence-corrected chi connectivity index (χ3v) is 5.77. The Balaban J connectivity index is 1.64. The van der Waals surface area contributed by atoms with Crippen LogP contribution in [0, 0.1) is 0 Å². The van der Waals surface area contributed by atoms with E-state index in [1.165, 1.54) is 0 Å². The van der Waals surface area contributed by atoms with Crippen LogP contribution in [-0.4, -0.2) is 55.9 Å². The van der Waals surface area contributed by atoms with Gasteiger partial charge in [0.15, 0.2) is 5.82 Å². The lowest BCUT2D eigenvalue weighted by atomic mass is 10.3. The Morgan fingerprint density at radius 3 is 2.56 bits per heavy atom. The molecule has 1 unspecified atom stereocenters. The third kappa shape index (κ3) is 3.27. The van der Waals surface area contributed by atoms with Gasteiger partial charge in [-0.1, -0.05) is 23.7 Å². The molecule has 130 valence electrons. The van der Waals surface area contributed by atoms with Gasteiger partial charge < -0.3 is 9.88 Å². The Hall–Kier alpha value is -1.96. The number of benzene rings is 1. The highest BCUT2D eigenvalue weighted by Gasteiger charge is 2.21. The standard InChI is InChI=1S/C17H18ClN5OS/c1-25(24)23-10-8-22(9-11-23)15-7-6-12(18)16(21-15)17-19-13-4-2-3-5-14(13)20-17/h2-7H,8-11H2,1H3,(H,19,20). The van der Waals surface area contributed by atoms with E-state index in [1.54, 1.807) is 6.26 Å². The van der Waals surface area contributed by atoms with Gasteiger partial charge in [0, 0.05) is 32.4 Å². The lowest BCUT2D eigenvalue weighted by molar-refractivity contribution is 0.411. The summed E-state index contributed by atoms with van der Waals surface area (Å²) in [6.45, 7) is 3.09. The molecule has 0 radical (unpaired) electrons. The molecule has 4 rings (SSSR count). The summed E-state index contributed by atoms with van der Waals surface area (Å²) in [6, 6.07) is 11.6. The van der Waals surface area contributed by atoms with Gasteiger partial charge in [0.2, 0.25) is 0 Å². The first-order chi connectivity index (χ1) is 12.1. The number of halogens is 1. The van der Waals surface area contributed by atoms with E-state index in [0.29, 0.717) is 16.5 Å². The van der Waals surface area contributed by atoms with Gasteiger partial charge >= 0.3 is 0 Å². The summed E-state index contributed by atoms with van der Waals surface area (Å²) in [6.07, 6.45) is 1.72. The maximum Gasteiger partial charge on any atom is 0.158 e. The minimum Gasteiger partial charge on any atom is -0.354 e. The molecule has 0 amide bonds. The van der Waals surface area contributed by atoms with Crippen molar-refractivity contribution in [3.8, 4) is 11.5 Å². The second-order valence-corrected chi connectivity index (χ2v) is 7.71. The van der Waals surface area contributed by atoms with Crippen LogP contribution in [0.2, 0.25) is 5.02 Å². The Morgan fingerprint density at radius 2 is 1.84 bits per heavy atom. The van der Waals surface area contributed by atoms with E-state index in [9.17, 15) is 4.21 Å². The van der Waals surface area contributed by atoms with Crippen LogP contribution in [0.15, 0.2) is 36.4 Å². The number of fused-ring (bicyclic) bond motifs is 1. The minimum absolute atomic E-state index is 0.566. The van der Waals surface area contributed by atoms with E-state index in [4.69, 9.17) is 16.6 Å². The highest BCUT2D eigenvalue weighted by molar-refractivity contribution is 7.81. The number of H-pyrrole nitrogens is 1. The number of hydrogen-bond acceptors (Lipinski definition) is 4. The molecule has 0 bridgehead atoms. The highest BCUT2D eigenvalue weighted by atomic mass is 35.5. The number of para-hydroxylation sites is 2. The van der Waals surface area contributed by atoms with Crippen LogP contribution in [0.1, 0.15) is 0 Å². The number of hydrogen-bond donors (Lipinski definition) is 1. The summed E-state index contributed by atoms with van der Waals surface area (Å²) in [5.41, 5.74) is 2.50. The molecule has 8 heteroatoms. The van der Waals surface area contributed by atoms with Crippen LogP contribution >= 0.6 is 11.6 Å². The first kappa shape index (κ1) is 16.5. The van der Waals surface area contributed by atoms with Crippen LogP contribution in [0.25, 0.3) is 22.6 Å². The Morgan fingerprint density at radius 1 is 1.08 bits per heavy atom. The van der Waals surface area contributed by atoms with Crippen LogP contribution in [0.4, 0.5) is 5.82 Å². The number of aromatic amines is 1. The molecule has 0 spiro atoms. The smallest absolute Gasteiger partial charge is 0.158 e. The van der Waals surface area contributed by atoms with E-state index < -0.39 is 11.0 Å². The molecule has 2 aromatic heterocycles. The van der Waals surface area contributed by atoms with Gasteiger partial charge in [-0.2, -0.15) is 0 Å². The fraction of sp³-hybridized carbons (Fsp3) is 0.294. The predicted molar refractivity (Wildman–Crippen MR) is 102 cm³/mol. The maximum absolute atomic E-state index is 11.6. The Kier molecular flexibility index (Phi) is 4.45. The summed E-state index contributed by atoms with van der Waals surface area (Å²) in [5, 5.41) is 0.566. The number of rotatable bonds is 3. The molecule has 25 heavy (non-hydrogen) atoms. The molecule has 1 aromatic carbocycles. The molecule has 1 N–H and O–H groups in total. The molecule has 3 aromatic rings. The van der Waals surface area contributed by atoms with Gasteiger partial charge in [-0.25, -0.2) is 18.5 Å². The van der Waals surface area contributed by atoms with Crippen molar-refractivity contribution in [2.75, 3.05) is 37.3 Å². The number of aromatic nitrogens is 3. The zero-order chi connectivity index (χ0) is 17.4. The zero-order valence-corrected chi connectivity index (χ0v) is 15.3. The van der Waals surface area contributed by atoms with Crippen LogP contribution < -0.4 is 4.90 Å². The number of nitrogens with one attached hydrogen (secondary N) is 1. The van der Waals surface area contributed by atoms with E-state index in [-0.39, 0.29) is 0 Å². The average molecular weight is 376 g/mol. The topological polar surface area (TPSA) is 65.1 Å². The molecule has 3 heterocycles. The van der Waals surface area contributed by atoms with Crippen molar-refractivity contribution in [3.63, 3.8) is 0 Å². The summed E-state index contributed by atoms with van der Waals surface area (Å²) in [4.78, 5) is 14.8. The van der Waals surface area contributed by atoms with E-state index in [0.717, 1.165) is 43.0 Å². The Labute approximate surface area is 153 Å². The molecular weight excluding hydrogens is 358 g/mol. The van der Waals surface area contributed by atoms with Crippen LogP contribution in [0.3, 0.4) is 0 Å². The van der Waals surface area contributed by atoms with E-state index in [2.05, 4.69) is 14.9 Å². The minimum atomic E-state index is -0.920. The fourth-order valence-electron chi connectivity index (χ4n) is 3.01. The highest BCUT2D eigenvalue weighted by Crippen LogP contribution is 2.28. The van der Waals surface area contributed by atoms with Gasteiger partial charge in [-0.15, -0.1) is 0 Å². The van der Waals surface area contributed by atoms with Crippen molar-refractivity contribution >= 4 is 39.4 Å². The molecule has 1 aliphatic heterocycles. The van der Waals surface area contributed by atoms with Gasteiger partial charge in [0.1, 0.15) is 11.5 Å². The fourth-order valence-corrected chi connectivity index (χ4v) is 3.89. The number of pyridine rings is 1. The normalized spacial score (nSPS) is 17.1. The molecule has 1 atom stereocenters. The largest absolute Gasteiger partial charge is 0.354 e. The van der Waals surface area contributed by atoms with E-state index in [1.807, 2.05) is 40.7 Å². The molecule has 1 saturated heterocycles. The van der Waals surface area contributed by atoms with Gasteiger partial charge in [-0.3, -0.25) is 0 Å². The second kappa shape index (κ2) is 6.74. The van der Waals surface area contributed by atoms with Gasteiger partial charge in [0.05, 0.1) is 27.0 Å². The molecule has 1 fully saturated rings. The monoisotopic (exact) mass is 375 g/mol. The Bertz CT molecular complexity index is 903. The second-order valence-electron chi connectivity index (χ2n) is 5.94. The number of piperazine rings is 1. The summed E-state index contributed by atoms with van der Waals surface area (Å²) >= 11 is 6.37. The third-order valence-electron chi connectivity index (χ3n) is 4.37. The lowest BCUT2D eigenvalue weighted by Crippen LogP contribution is -2.47. The number of anilines is 1. The van der Waals surface area contributed by atoms with Crippen molar-refractivity contribution in [2.24, 2.45) is 0 Å². The molecule has 6 nitrogen and oxygen atoms in total. The number of nitrogens with zero attached hydrogens (tertiary/aromatic N) is 4. The van der Waals surface area contributed by atoms with Crippen molar-refractivity contribution in [2.45, 2.75) is 0 Å². The van der Waals surface area contributed by atoms with E-state index >= 15 is 0 Å². The average Bonchev–Trinajstić information content (AvgIpc) is 3.06. The summed E-state index contributed by atoms with van der Waals surface area (Å²) < 4.78 is 13.5. The van der Waals surface area contributed by atoms with Gasteiger partial charge in [0.25, 0.3) is 0 Å². The van der Waals surface area contributed by atoms with Crippen LogP contribution in [-0.2, 0) is 11.0 Å². The molecule has 0 saturated carbocycles. The van der Waals surface area contributed by atoms with Crippen molar-refractivity contribution in [3.05, 3.63) is 41.4 Å². The SMILES string of the molecule is CS(=O)N1CCN(c2ccc(Cl)c(-c3nc4ccccc4[nH]3)n2)CC1. The lowest BCUT2D eigenvalue weighted by Gasteiger charge is -2.33. The zero-order valence-electron chi connectivity index (χ0n) is 13.8. The summed E-state index contributed by atoms with van der Waals surface area (Å²) in [7, 11) is -0.920. The summed E-state index contributed by atoms with van der Waals surface area (Å²) in [5.74, 6) is 1.53.